The van der Waals surface area contributed by atoms with Crippen molar-refractivity contribution in [3.63, 3.8) is 0 Å². The van der Waals surface area contributed by atoms with Crippen LogP contribution >= 0.6 is 23.2 Å². The second-order valence-electron chi connectivity index (χ2n) is 5.39. The summed E-state index contributed by atoms with van der Waals surface area (Å²) < 4.78 is 0. The summed E-state index contributed by atoms with van der Waals surface area (Å²) in [6, 6.07) is 11.9. The molecule has 0 saturated heterocycles. The lowest BCUT2D eigenvalue weighted by Crippen LogP contribution is -2.24. The second kappa shape index (κ2) is 7.09. The Balaban J connectivity index is 1.86. The van der Waals surface area contributed by atoms with Crippen molar-refractivity contribution in [2.75, 3.05) is 5.32 Å². The number of carbonyl (C=O) groups excluding carboxylic acids is 1. The smallest absolute Gasteiger partial charge is 0.264 e. The van der Waals surface area contributed by atoms with Crippen molar-refractivity contribution in [1.82, 2.24) is 9.97 Å². The van der Waals surface area contributed by atoms with Gasteiger partial charge in [0.2, 0.25) is 0 Å². The summed E-state index contributed by atoms with van der Waals surface area (Å²) in [5.41, 5.74) is 1.47. The van der Waals surface area contributed by atoms with E-state index in [9.17, 15) is 9.59 Å². The second-order valence-corrected chi connectivity index (χ2v) is 6.27. The largest absolute Gasteiger partial charge is 0.322 e. The van der Waals surface area contributed by atoms with E-state index < -0.39 is 11.5 Å². The van der Waals surface area contributed by atoms with Crippen molar-refractivity contribution < 1.29 is 4.79 Å². The minimum Gasteiger partial charge on any atom is -0.322 e. The van der Waals surface area contributed by atoms with Crippen LogP contribution in [-0.4, -0.2) is 15.9 Å². The molecule has 5 nitrogen and oxygen atoms in total. The van der Waals surface area contributed by atoms with E-state index in [4.69, 9.17) is 23.2 Å². The molecule has 0 aliphatic heterocycles. The van der Waals surface area contributed by atoms with Gasteiger partial charge in [0.25, 0.3) is 11.5 Å². The summed E-state index contributed by atoms with van der Waals surface area (Å²) in [7, 11) is 0. The van der Waals surface area contributed by atoms with Gasteiger partial charge in [-0.25, -0.2) is 4.98 Å². The lowest BCUT2D eigenvalue weighted by atomic mass is 10.2. The molecular formula is C18H13Cl2N3O2. The lowest BCUT2D eigenvalue weighted by molar-refractivity contribution is 0.102. The number of nitrogens with one attached hydrogen (secondary N) is 2. The zero-order chi connectivity index (χ0) is 18.0. The third kappa shape index (κ3) is 3.90. The van der Waals surface area contributed by atoms with Gasteiger partial charge < -0.3 is 10.3 Å². The van der Waals surface area contributed by atoms with Gasteiger partial charge in [-0.15, -0.1) is 0 Å². The zero-order valence-corrected chi connectivity index (χ0v) is 14.7. The van der Waals surface area contributed by atoms with Crippen LogP contribution in [0.5, 0.6) is 0 Å². The van der Waals surface area contributed by atoms with Crippen LogP contribution < -0.4 is 10.9 Å². The van der Waals surface area contributed by atoms with E-state index >= 15 is 0 Å². The molecule has 0 spiro atoms. The molecule has 7 heteroatoms. The zero-order valence-electron chi connectivity index (χ0n) is 13.1. The molecule has 0 atom stereocenters. The first-order valence-electron chi connectivity index (χ1n) is 7.37. The van der Waals surface area contributed by atoms with Crippen molar-refractivity contribution in [3.05, 3.63) is 80.2 Å². The molecule has 0 aliphatic rings. The predicted octanol–water partition coefficient (Wildman–Crippen LogP) is 4.30. The van der Waals surface area contributed by atoms with Gasteiger partial charge in [0.05, 0.1) is 0 Å². The number of aryl methyl sites for hydroxylation is 1. The summed E-state index contributed by atoms with van der Waals surface area (Å²) in [4.78, 5) is 31.4. The van der Waals surface area contributed by atoms with Crippen molar-refractivity contribution in [2.45, 2.75) is 6.92 Å². The van der Waals surface area contributed by atoms with E-state index in [2.05, 4.69) is 15.3 Å². The topological polar surface area (TPSA) is 74.8 Å². The number of carbonyl (C=O) groups is 1. The number of rotatable bonds is 3. The fourth-order valence-corrected chi connectivity index (χ4v) is 2.62. The first-order chi connectivity index (χ1) is 11.9. The number of H-pyrrole nitrogens is 1. The lowest BCUT2D eigenvalue weighted by Gasteiger charge is -2.08. The van der Waals surface area contributed by atoms with Crippen LogP contribution in [0.2, 0.25) is 10.0 Å². The van der Waals surface area contributed by atoms with Gasteiger partial charge in [0.1, 0.15) is 11.4 Å². The number of aromatic nitrogens is 2. The molecule has 2 aromatic carbocycles. The summed E-state index contributed by atoms with van der Waals surface area (Å²) >= 11 is 11.7. The van der Waals surface area contributed by atoms with Crippen LogP contribution in [0.4, 0.5) is 5.69 Å². The monoisotopic (exact) mass is 373 g/mol. The Morgan fingerprint density at radius 3 is 2.40 bits per heavy atom. The minimum absolute atomic E-state index is 0.0768. The Morgan fingerprint density at radius 2 is 1.76 bits per heavy atom. The summed E-state index contributed by atoms with van der Waals surface area (Å²) in [6.45, 7) is 1.81. The first kappa shape index (κ1) is 17.2. The average Bonchev–Trinajstić information content (AvgIpc) is 2.58. The van der Waals surface area contributed by atoms with E-state index in [1.54, 1.807) is 42.5 Å². The molecule has 2 N–H and O–H groups in total. The average molecular weight is 374 g/mol. The fraction of sp³-hybridized carbons (Fsp3) is 0.0556. The van der Waals surface area contributed by atoms with Gasteiger partial charge in [-0.05, 0) is 55.0 Å². The van der Waals surface area contributed by atoms with Gasteiger partial charge in [-0.3, -0.25) is 9.59 Å². The molecule has 0 bridgehead atoms. The number of hydrogen-bond acceptors (Lipinski definition) is 3. The van der Waals surface area contributed by atoms with Gasteiger partial charge in [0.15, 0.2) is 0 Å². The van der Waals surface area contributed by atoms with Crippen LogP contribution in [0.25, 0.3) is 11.4 Å². The predicted molar refractivity (Wildman–Crippen MR) is 99.4 cm³/mol. The molecule has 0 aliphatic carbocycles. The SMILES string of the molecule is Cc1cc(Cl)ccc1NC(=O)c1cnc(-c2ccc(Cl)cc2)[nH]c1=O. The van der Waals surface area contributed by atoms with E-state index in [0.717, 1.165) is 5.56 Å². The Labute approximate surface area is 153 Å². The van der Waals surface area contributed by atoms with Gasteiger partial charge in [-0.1, -0.05) is 23.2 Å². The standard InChI is InChI=1S/C18H13Cl2N3O2/c1-10-8-13(20)6-7-15(10)22-17(24)14-9-21-16(23-18(14)25)11-2-4-12(19)5-3-11/h2-9H,1H3,(H,22,24)(H,21,23,25). The van der Waals surface area contributed by atoms with Crippen molar-refractivity contribution in [2.24, 2.45) is 0 Å². The highest BCUT2D eigenvalue weighted by Gasteiger charge is 2.14. The number of hydrogen-bond donors (Lipinski definition) is 2. The normalized spacial score (nSPS) is 10.5. The molecule has 0 radical (unpaired) electrons. The van der Waals surface area contributed by atoms with E-state index in [1.165, 1.54) is 6.20 Å². The molecule has 0 unspecified atom stereocenters. The molecule has 3 aromatic rings. The maximum atomic E-state index is 12.3. The molecule has 1 amide bonds. The number of aromatic amines is 1. The summed E-state index contributed by atoms with van der Waals surface area (Å²) in [5, 5.41) is 3.84. The highest BCUT2D eigenvalue weighted by molar-refractivity contribution is 6.31. The maximum Gasteiger partial charge on any atom is 0.264 e. The van der Waals surface area contributed by atoms with Gasteiger partial charge in [0, 0.05) is 27.5 Å². The number of amides is 1. The third-order valence-corrected chi connectivity index (χ3v) is 4.09. The van der Waals surface area contributed by atoms with Crippen LogP contribution in [0, 0.1) is 6.92 Å². The highest BCUT2D eigenvalue weighted by Crippen LogP contribution is 2.20. The quantitative estimate of drug-likeness (QED) is 0.718. The highest BCUT2D eigenvalue weighted by atomic mass is 35.5. The Morgan fingerprint density at radius 1 is 1.08 bits per heavy atom. The number of halogens is 2. The van der Waals surface area contributed by atoms with E-state index in [0.29, 0.717) is 27.1 Å². The Hall–Kier alpha value is -2.63. The summed E-state index contributed by atoms with van der Waals surface area (Å²) in [5.74, 6) is -0.178. The maximum absolute atomic E-state index is 12.3. The van der Waals surface area contributed by atoms with Crippen LogP contribution in [0.15, 0.2) is 53.5 Å². The number of anilines is 1. The molecule has 0 fully saturated rings. The fourth-order valence-electron chi connectivity index (χ4n) is 2.27. The number of benzene rings is 2. The molecule has 1 heterocycles. The van der Waals surface area contributed by atoms with Gasteiger partial charge >= 0.3 is 0 Å². The Kier molecular flexibility index (Phi) is 4.88. The molecule has 25 heavy (non-hydrogen) atoms. The first-order valence-corrected chi connectivity index (χ1v) is 8.12. The number of nitrogens with zero attached hydrogens (tertiary/aromatic N) is 1. The molecule has 126 valence electrons. The summed E-state index contributed by atoms with van der Waals surface area (Å²) in [6.07, 6.45) is 1.25. The van der Waals surface area contributed by atoms with Crippen LogP contribution in [-0.2, 0) is 0 Å². The molecule has 3 rings (SSSR count). The van der Waals surface area contributed by atoms with Crippen molar-refractivity contribution >= 4 is 34.8 Å². The Bertz CT molecular complexity index is 998. The minimum atomic E-state index is -0.540. The molecular weight excluding hydrogens is 361 g/mol. The van der Waals surface area contributed by atoms with E-state index in [-0.39, 0.29) is 5.56 Å². The van der Waals surface area contributed by atoms with Gasteiger partial charge in [-0.2, -0.15) is 0 Å². The van der Waals surface area contributed by atoms with Crippen molar-refractivity contribution in [3.8, 4) is 11.4 Å². The van der Waals surface area contributed by atoms with Crippen LogP contribution in [0.3, 0.4) is 0 Å². The molecule has 0 saturated carbocycles. The third-order valence-electron chi connectivity index (χ3n) is 3.60. The molecule has 1 aromatic heterocycles. The van der Waals surface area contributed by atoms with Crippen molar-refractivity contribution in [1.29, 1.82) is 0 Å². The van der Waals surface area contributed by atoms with Crippen LogP contribution in [0.1, 0.15) is 15.9 Å². The van der Waals surface area contributed by atoms with E-state index in [1.807, 2.05) is 6.92 Å².